The van der Waals surface area contributed by atoms with Crippen LogP contribution in [0.5, 0.6) is 28.7 Å². The number of hydrogen-bond acceptors (Lipinski definition) is 12. The summed E-state index contributed by atoms with van der Waals surface area (Å²) in [5.74, 6) is -5.49. The Hall–Kier alpha value is -4.04. The molecule has 0 saturated carbocycles. The van der Waals surface area contributed by atoms with Crippen LogP contribution < -0.4 is 10.2 Å². The molecule has 1 aliphatic heterocycles. The van der Waals surface area contributed by atoms with Gasteiger partial charge in [-0.1, -0.05) is 0 Å². The molecule has 13 heteroatoms. The number of rotatable bonds is 4. The van der Waals surface area contributed by atoms with Gasteiger partial charge in [0.15, 0.2) is 23.2 Å². The van der Waals surface area contributed by atoms with E-state index >= 15 is 0 Å². The second-order valence-corrected chi connectivity index (χ2v) is 7.46. The molecule has 1 fully saturated rings. The van der Waals surface area contributed by atoms with Crippen molar-refractivity contribution in [3.05, 3.63) is 40.6 Å². The highest BCUT2D eigenvalue weighted by molar-refractivity contribution is 5.93. The maximum Gasteiger partial charge on any atom is 0.335 e. The van der Waals surface area contributed by atoms with Crippen LogP contribution in [0.2, 0.25) is 0 Å². The van der Waals surface area contributed by atoms with Crippen LogP contribution in [0.3, 0.4) is 0 Å². The van der Waals surface area contributed by atoms with Gasteiger partial charge < -0.3 is 54.7 Å². The third-order valence-electron chi connectivity index (χ3n) is 5.23. The molecule has 0 spiro atoms. The summed E-state index contributed by atoms with van der Waals surface area (Å²) in [4.78, 5) is 24.1. The number of phenolic OH excluding ortho intramolecular Hbond substituents is 3. The van der Waals surface area contributed by atoms with Crippen LogP contribution in [0.1, 0.15) is 0 Å². The van der Waals surface area contributed by atoms with Crippen LogP contribution in [-0.4, -0.2) is 77.5 Å². The number of carbonyl (C=O) groups is 1. The number of ether oxygens (including phenoxy) is 2. The lowest BCUT2D eigenvalue weighted by molar-refractivity contribution is -0.271. The van der Waals surface area contributed by atoms with Gasteiger partial charge in [0, 0.05) is 11.6 Å². The number of aliphatic carboxylic acids is 1. The molecule has 0 radical (unpaired) electrons. The maximum atomic E-state index is 12.8. The van der Waals surface area contributed by atoms with Gasteiger partial charge in [-0.25, -0.2) is 4.79 Å². The minimum absolute atomic E-state index is 0.113. The van der Waals surface area contributed by atoms with E-state index in [1.807, 2.05) is 0 Å². The molecule has 5 atom stereocenters. The summed E-state index contributed by atoms with van der Waals surface area (Å²) in [7, 11) is 0. The number of hydrogen-bond donors (Lipinski definition) is 8. The Labute approximate surface area is 188 Å². The molecule has 34 heavy (non-hydrogen) atoms. The molecule has 3 aromatic rings. The molecule has 2 heterocycles. The Morgan fingerprint density at radius 2 is 1.56 bits per heavy atom. The van der Waals surface area contributed by atoms with Crippen LogP contribution in [-0.2, 0) is 9.53 Å². The molecular formula is C21H18O13. The zero-order valence-corrected chi connectivity index (χ0v) is 16.9. The van der Waals surface area contributed by atoms with E-state index in [1.165, 1.54) is 24.3 Å². The molecular weight excluding hydrogens is 460 g/mol. The third kappa shape index (κ3) is 3.72. The topological polar surface area (TPSA) is 228 Å². The number of aliphatic hydroxyl groups excluding tert-OH is 3. The van der Waals surface area contributed by atoms with Gasteiger partial charge in [0.05, 0.1) is 0 Å². The molecule has 0 unspecified atom stereocenters. The van der Waals surface area contributed by atoms with E-state index in [0.29, 0.717) is 6.07 Å². The molecule has 4 rings (SSSR count). The number of benzene rings is 2. The minimum atomic E-state index is -2.02. The van der Waals surface area contributed by atoms with Crippen molar-refractivity contribution in [2.75, 3.05) is 0 Å². The Morgan fingerprint density at radius 1 is 0.912 bits per heavy atom. The zero-order chi connectivity index (χ0) is 24.9. The molecule has 180 valence electrons. The van der Waals surface area contributed by atoms with Crippen molar-refractivity contribution in [2.45, 2.75) is 30.7 Å². The number of carboxylic acids is 1. The monoisotopic (exact) mass is 478 g/mol. The molecule has 0 amide bonds. The van der Waals surface area contributed by atoms with E-state index in [-0.39, 0.29) is 11.3 Å². The third-order valence-corrected chi connectivity index (χ3v) is 5.23. The van der Waals surface area contributed by atoms with Gasteiger partial charge in [-0.15, -0.1) is 0 Å². The van der Waals surface area contributed by atoms with Crippen LogP contribution in [0, 0.1) is 0 Å². The van der Waals surface area contributed by atoms with Gasteiger partial charge in [0.25, 0.3) is 0 Å². The van der Waals surface area contributed by atoms with Crippen LogP contribution in [0.4, 0.5) is 0 Å². The van der Waals surface area contributed by atoms with E-state index < -0.39 is 81.8 Å². The Bertz CT molecular complexity index is 1310. The molecule has 1 aromatic heterocycles. The van der Waals surface area contributed by atoms with Crippen molar-refractivity contribution in [3.63, 3.8) is 0 Å². The van der Waals surface area contributed by atoms with E-state index in [2.05, 4.69) is 0 Å². The van der Waals surface area contributed by atoms with Crippen LogP contribution >= 0.6 is 0 Å². The van der Waals surface area contributed by atoms with Gasteiger partial charge in [-0.2, -0.15) is 0 Å². The fourth-order valence-corrected chi connectivity index (χ4v) is 3.49. The van der Waals surface area contributed by atoms with Crippen LogP contribution in [0.15, 0.2) is 39.5 Å². The summed E-state index contributed by atoms with van der Waals surface area (Å²) in [6.45, 7) is 0. The first-order valence-corrected chi connectivity index (χ1v) is 9.64. The number of carboxylic acid groups (broad SMARTS) is 1. The molecule has 0 aliphatic carbocycles. The Morgan fingerprint density at radius 3 is 2.18 bits per heavy atom. The highest BCUT2D eigenvalue weighted by Gasteiger charge is 2.48. The molecule has 0 bridgehead atoms. The molecule has 13 nitrogen and oxygen atoms in total. The number of aromatic hydroxyl groups is 4. The highest BCUT2D eigenvalue weighted by atomic mass is 16.7. The van der Waals surface area contributed by atoms with Crippen molar-refractivity contribution in [1.29, 1.82) is 0 Å². The summed E-state index contributed by atoms with van der Waals surface area (Å²) in [5.41, 5.74) is -1.64. The average Bonchev–Trinajstić information content (AvgIpc) is 2.78. The summed E-state index contributed by atoms with van der Waals surface area (Å²) in [6.07, 6.45) is -10.0. The SMILES string of the molecule is O=C(O)[C@H]1O[C@@H](Oc2c(O)cc(O)c3c(=O)c(O)c(-c4ccc(O)cc4)oc23)[C@H](O)[C@@H](O)[C@@H]1O. The first-order chi connectivity index (χ1) is 16.0. The quantitative estimate of drug-likeness (QED) is 0.238. The normalized spacial score (nSPS) is 24.7. The van der Waals surface area contributed by atoms with E-state index in [9.17, 15) is 50.4 Å². The minimum Gasteiger partial charge on any atom is -0.508 e. The summed E-state index contributed by atoms with van der Waals surface area (Å²) in [6, 6.07) is 5.74. The zero-order valence-electron chi connectivity index (χ0n) is 16.9. The number of fused-ring (bicyclic) bond motifs is 1. The summed E-state index contributed by atoms with van der Waals surface area (Å²) < 4.78 is 15.9. The fourth-order valence-electron chi connectivity index (χ4n) is 3.49. The highest BCUT2D eigenvalue weighted by Crippen LogP contribution is 2.43. The average molecular weight is 478 g/mol. The van der Waals surface area contributed by atoms with Gasteiger partial charge in [-0.3, -0.25) is 4.79 Å². The Kier molecular flexibility index (Phi) is 5.70. The van der Waals surface area contributed by atoms with E-state index in [4.69, 9.17) is 13.9 Å². The fraction of sp³-hybridized carbons (Fsp3) is 0.238. The van der Waals surface area contributed by atoms with E-state index in [0.717, 1.165) is 0 Å². The van der Waals surface area contributed by atoms with Crippen molar-refractivity contribution in [3.8, 4) is 40.1 Å². The predicted molar refractivity (Wildman–Crippen MR) is 110 cm³/mol. The van der Waals surface area contributed by atoms with Gasteiger partial charge in [0.1, 0.15) is 35.2 Å². The smallest absolute Gasteiger partial charge is 0.335 e. The number of aliphatic hydroxyl groups is 3. The standard InChI is InChI=1S/C21H18O13/c22-7-3-1-6(2-4-7)16-13(27)11(25)10-8(23)5-9(24)17(18(10)32-16)33-21-15(29)12(26)14(28)19(34-21)20(30)31/h1-5,12,14-15,19,21-24,26-29H,(H,30,31)/t12-,14-,15+,19-,21+/m0/s1. The predicted octanol–water partition coefficient (Wildman–Crippen LogP) is -0.447. The van der Waals surface area contributed by atoms with Gasteiger partial charge in [0.2, 0.25) is 23.2 Å². The maximum absolute atomic E-state index is 12.8. The lowest BCUT2D eigenvalue weighted by Gasteiger charge is -2.38. The first-order valence-electron chi connectivity index (χ1n) is 9.64. The van der Waals surface area contributed by atoms with Gasteiger partial charge >= 0.3 is 5.97 Å². The molecule has 8 N–H and O–H groups in total. The lowest BCUT2D eigenvalue weighted by Crippen LogP contribution is -2.61. The van der Waals surface area contributed by atoms with E-state index in [1.54, 1.807) is 0 Å². The van der Waals surface area contributed by atoms with Crippen molar-refractivity contribution < 1.29 is 59.5 Å². The summed E-state index contributed by atoms with van der Waals surface area (Å²) >= 11 is 0. The molecule has 2 aromatic carbocycles. The van der Waals surface area contributed by atoms with Crippen LogP contribution in [0.25, 0.3) is 22.3 Å². The largest absolute Gasteiger partial charge is 0.508 e. The second-order valence-electron chi connectivity index (χ2n) is 7.46. The number of phenols is 3. The second kappa shape index (κ2) is 8.39. The summed E-state index contributed by atoms with van der Waals surface area (Å²) in [5, 5.41) is 78.9. The van der Waals surface area contributed by atoms with Gasteiger partial charge in [-0.05, 0) is 24.3 Å². The van der Waals surface area contributed by atoms with Crippen molar-refractivity contribution in [1.82, 2.24) is 0 Å². The Balaban J connectivity index is 1.88. The molecule has 1 saturated heterocycles. The molecule has 1 aliphatic rings. The van der Waals surface area contributed by atoms with Crippen molar-refractivity contribution in [2.24, 2.45) is 0 Å². The van der Waals surface area contributed by atoms with Crippen molar-refractivity contribution >= 4 is 16.9 Å². The lowest BCUT2D eigenvalue weighted by atomic mass is 9.99. The first kappa shape index (κ1) is 23.1.